The van der Waals surface area contributed by atoms with Gasteiger partial charge in [0.05, 0.1) is 18.9 Å². The molecule has 2 aliphatic rings. The third-order valence-corrected chi connectivity index (χ3v) is 5.38. The van der Waals surface area contributed by atoms with Gasteiger partial charge in [-0.15, -0.1) is 0 Å². The fraction of sp³-hybridized carbons (Fsp3) is 0.217. The van der Waals surface area contributed by atoms with Crippen molar-refractivity contribution in [1.82, 2.24) is 4.98 Å². The average molecular weight is 400 g/mol. The molecule has 3 heterocycles. The first-order valence-electron chi connectivity index (χ1n) is 9.77. The number of ether oxygens (including phenoxy) is 3. The van der Waals surface area contributed by atoms with Gasteiger partial charge in [-0.05, 0) is 35.9 Å². The Morgan fingerprint density at radius 1 is 0.933 bits per heavy atom. The van der Waals surface area contributed by atoms with Crippen molar-refractivity contribution in [3.8, 4) is 40.0 Å². The Bertz CT molecular complexity index is 1130. The van der Waals surface area contributed by atoms with Gasteiger partial charge in [0.15, 0.2) is 11.5 Å². The van der Waals surface area contributed by atoms with Crippen molar-refractivity contribution in [2.24, 2.45) is 0 Å². The Morgan fingerprint density at radius 3 is 2.43 bits per heavy atom. The largest absolute Gasteiger partial charge is 0.454 e. The van der Waals surface area contributed by atoms with Crippen LogP contribution < -0.4 is 20.1 Å². The minimum absolute atomic E-state index is 0.198. The van der Waals surface area contributed by atoms with Crippen LogP contribution in [0.1, 0.15) is 5.56 Å². The van der Waals surface area contributed by atoms with Crippen molar-refractivity contribution in [3.05, 3.63) is 54.1 Å². The van der Waals surface area contributed by atoms with Crippen LogP contribution in [-0.2, 0) is 4.74 Å². The van der Waals surface area contributed by atoms with Crippen LogP contribution in [0.3, 0.4) is 0 Å². The van der Waals surface area contributed by atoms with Crippen molar-refractivity contribution in [1.29, 1.82) is 5.26 Å². The summed E-state index contributed by atoms with van der Waals surface area (Å²) in [7, 11) is 0. The SMILES string of the molecule is N#Cc1c(-c2ccc3c(c2)OCO3)cc(-c2ccc(N3CCOCC3)cc2)nc1N. The fourth-order valence-electron chi connectivity index (χ4n) is 3.79. The number of nitrogen functional groups attached to an aromatic ring is 1. The second kappa shape index (κ2) is 7.58. The zero-order valence-corrected chi connectivity index (χ0v) is 16.3. The number of anilines is 2. The summed E-state index contributed by atoms with van der Waals surface area (Å²) in [6, 6.07) is 17.9. The molecular weight excluding hydrogens is 380 g/mol. The van der Waals surface area contributed by atoms with E-state index in [9.17, 15) is 5.26 Å². The minimum Gasteiger partial charge on any atom is -0.454 e. The van der Waals surface area contributed by atoms with Crippen molar-refractivity contribution in [2.45, 2.75) is 0 Å². The molecule has 0 saturated carbocycles. The van der Waals surface area contributed by atoms with E-state index in [-0.39, 0.29) is 12.6 Å². The highest BCUT2D eigenvalue weighted by atomic mass is 16.7. The summed E-state index contributed by atoms with van der Waals surface area (Å²) in [4.78, 5) is 6.78. The van der Waals surface area contributed by atoms with Crippen LogP contribution >= 0.6 is 0 Å². The molecule has 0 spiro atoms. The topological polar surface area (TPSA) is 93.6 Å². The van der Waals surface area contributed by atoms with Gasteiger partial charge in [-0.1, -0.05) is 18.2 Å². The summed E-state index contributed by atoms with van der Waals surface area (Å²) in [6.07, 6.45) is 0. The van der Waals surface area contributed by atoms with Crippen LogP contribution in [0.15, 0.2) is 48.5 Å². The number of aromatic nitrogens is 1. The Balaban J connectivity index is 1.53. The lowest BCUT2D eigenvalue weighted by molar-refractivity contribution is 0.122. The van der Waals surface area contributed by atoms with Gasteiger partial charge in [-0.3, -0.25) is 0 Å². The number of fused-ring (bicyclic) bond motifs is 1. The number of rotatable bonds is 3. The van der Waals surface area contributed by atoms with Gasteiger partial charge in [0.1, 0.15) is 17.5 Å². The molecule has 5 rings (SSSR count). The molecular formula is C23H20N4O3. The molecule has 0 amide bonds. The van der Waals surface area contributed by atoms with E-state index in [4.69, 9.17) is 19.9 Å². The van der Waals surface area contributed by atoms with E-state index in [1.807, 2.05) is 36.4 Å². The molecule has 0 bridgehead atoms. The number of hydrogen-bond donors (Lipinski definition) is 1. The third kappa shape index (κ3) is 3.27. The highest BCUT2D eigenvalue weighted by molar-refractivity contribution is 5.81. The second-order valence-electron chi connectivity index (χ2n) is 7.14. The van der Waals surface area contributed by atoms with Crippen LogP contribution in [0.5, 0.6) is 11.5 Å². The van der Waals surface area contributed by atoms with E-state index >= 15 is 0 Å². The van der Waals surface area contributed by atoms with E-state index in [1.165, 1.54) is 0 Å². The molecule has 1 fully saturated rings. The highest BCUT2D eigenvalue weighted by Crippen LogP contribution is 2.38. The number of nitriles is 1. The normalized spacial score (nSPS) is 15.1. The van der Waals surface area contributed by atoms with Crippen LogP contribution in [0, 0.1) is 11.3 Å². The van der Waals surface area contributed by atoms with Crippen LogP contribution in [0.25, 0.3) is 22.4 Å². The molecule has 0 atom stereocenters. The molecule has 0 aliphatic carbocycles. The number of morpholine rings is 1. The van der Waals surface area contributed by atoms with Crippen molar-refractivity contribution in [3.63, 3.8) is 0 Å². The zero-order valence-electron chi connectivity index (χ0n) is 16.3. The van der Waals surface area contributed by atoms with E-state index < -0.39 is 0 Å². The summed E-state index contributed by atoms with van der Waals surface area (Å²) in [5, 5.41) is 9.65. The zero-order chi connectivity index (χ0) is 20.5. The van der Waals surface area contributed by atoms with Gasteiger partial charge in [0.2, 0.25) is 6.79 Å². The molecule has 3 aromatic rings. The van der Waals surface area contributed by atoms with Crippen LogP contribution in [0.4, 0.5) is 11.5 Å². The smallest absolute Gasteiger partial charge is 0.231 e. The Hall–Kier alpha value is -3.76. The first-order chi connectivity index (χ1) is 14.7. The number of hydrogen-bond acceptors (Lipinski definition) is 7. The van der Waals surface area contributed by atoms with Gasteiger partial charge in [0, 0.05) is 29.9 Å². The molecule has 0 unspecified atom stereocenters. The lowest BCUT2D eigenvalue weighted by Gasteiger charge is -2.28. The maximum absolute atomic E-state index is 9.65. The lowest BCUT2D eigenvalue weighted by atomic mass is 9.98. The molecule has 2 aliphatic heterocycles. The molecule has 30 heavy (non-hydrogen) atoms. The van der Waals surface area contributed by atoms with Gasteiger partial charge in [-0.2, -0.15) is 5.26 Å². The van der Waals surface area contributed by atoms with Gasteiger partial charge in [-0.25, -0.2) is 4.98 Å². The summed E-state index contributed by atoms with van der Waals surface area (Å²) >= 11 is 0. The first-order valence-corrected chi connectivity index (χ1v) is 9.77. The first kappa shape index (κ1) is 18.3. The predicted octanol–water partition coefficient (Wildman–Crippen LogP) is 3.43. The molecule has 7 nitrogen and oxygen atoms in total. The van der Waals surface area contributed by atoms with Gasteiger partial charge in [0.25, 0.3) is 0 Å². The van der Waals surface area contributed by atoms with Crippen LogP contribution in [0.2, 0.25) is 0 Å². The molecule has 1 saturated heterocycles. The number of nitrogens with two attached hydrogens (primary N) is 1. The Kier molecular flexibility index (Phi) is 4.62. The molecule has 0 radical (unpaired) electrons. The van der Waals surface area contributed by atoms with E-state index in [0.717, 1.165) is 48.7 Å². The van der Waals surface area contributed by atoms with Gasteiger partial charge >= 0.3 is 0 Å². The fourth-order valence-corrected chi connectivity index (χ4v) is 3.79. The summed E-state index contributed by atoms with van der Waals surface area (Å²) in [5.41, 5.74) is 10.9. The Labute approximate surface area is 174 Å². The predicted molar refractivity (Wildman–Crippen MR) is 113 cm³/mol. The van der Waals surface area contributed by atoms with Crippen molar-refractivity contribution >= 4 is 11.5 Å². The summed E-state index contributed by atoms with van der Waals surface area (Å²) < 4.78 is 16.3. The second-order valence-corrected chi connectivity index (χ2v) is 7.14. The summed E-state index contributed by atoms with van der Waals surface area (Å²) in [5.74, 6) is 1.56. The maximum Gasteiger partial charge on any atom is 0.231 e. The van der Waals surface area contributed by atoms with E-state index in [2.05, 4.69) is 28.1 Å². The number of nitrogens with zero attached hydrogens (tertiary/aromatic N) is 3. The van der Waals surface area contributed by atoms with Crippen molar-refractivity contribution < 1.29 is 14.2 Å². The minimum atomic E-state index is 0.198. The third-order valence-electron chi connectivity index (χ3n) is 5.38. The lowest BCUT2D eigenvalue weighted by Crippen LogP contribution is -2.36. The standard InChI is InChI=1S/C23H20N4O3/c24-13-19-18(16-3-6-21-22(11-16)30-14-29-21)12-20(26-23(19)25)15-1-4-17(5-2-15)27-7-9-28-10-8-27/h1-6,11-12H,7-10,14H2,(H2,25,26). The maximum atomic E-state index is 9.65. The molecule has 2 N–H and O–H groups in total. The van der Waals surface area contributed by atoms with Gasteiger partial charge < -0.3 is 24.8 Å². The highest BCUT2D eigenvalue weighted by Gasteiger charge is 2.18. The molecule has 7 heteroatoms. The molecule has 150 valence electrons. The van der Waals surface area contributed by atoms with Crippen molar-refractivity contribution in [2.75, 3.05) is 43.7 Å². The van der Waals surface area contributed by atoms with Crippen LogP contribution in [-0.4, -0.2) is 38.1 Å². The monoisotopic (exact) mass is 400 g/mol. The molecule has 1 aromatic heterocycles. The Morgan fingerprint density at radius 2 is 1.67 bits per heavy atom. The number of pyridine rings is 1. The molecule has 2 aromatic carbocycles. The average Bonchev–Trinajstić information content (AvgIpc) is 3.27. The van der Waals surface area contributed by atoms with E-state index in [1.54, 1.807) is 0 Å². The van der Waals surface area contributed by atoms with E-state index in [0.29, 0.717) is 22.8 Å². The quantitative estimate of drug-likeness (QED) is 0.720. The number of benzene rings is 2. The summed E-state index contributed by atoms with van der Waals surface area (Å²) in [6.45, 7) is 3.46.